The summed E-state index contributed by atoms with van der Waals surface area (Å²) in [6.07, 6.45) is 3.36. The molecule has 0 saturated heterocycles. The molecule has 39 heavy (non-hydrogen) atoms. The van der Waals surface area contributed by atoms with E-state index in [1.54, 1.807) is 48.5 Å². The molecule has 0 spiro atoms. The molecule has 204 valence electrons. The third-order valence-corrected chi connectivity index (χ3v) is 5.92. The van der Waals surface area contributed by atoms with Crippen molar-refractivity contribution in [2.75, 3.05) is 31.0 Å². The van der Waals surface area contributed by atoms with Gasteiger partial charge >= 0.3 is 11.8 Å². The standard InChI is InChI=1S/C28H29IN4O6/c1-3-4-14-38-22-12-10-21(11-13-22)32-27(35)28(36)33-30-17-19-15-23(29)26(24(16-19)37-2)39-18-25(34)31-20-8-6-5-7-9-20/h5-13,15-17H,3-4,14,18H2,1-2H3,(H,31,34)(H,32,35)(H,33,36)/b30-17-. The summed E-state index contributed by atoms with van der Waals surface area (Å²) in [7, 11) is 1.47. The number of nitrogens with one attached hydrogen (secondary N) is 3. The highest BCUT2D eigenvalue weighted by molar-refractivity contribution is 14.1. The van der Waals surface area contributed by atoms with E-state index in [4.69, 9.17) is 14.2 Å². The van der Waals surface area contributed by atoms with Crippen molar-refractivity contribution in [3.05, 3.63) is 75.9 Å². The Hall–Kier alpha value is -4.13. The highest BCUT2D eigenvalue weighted by Crippen LogP contribution is 2.33. The number of rotatable bonds is 12. The molecule has 0 aliphatic carbocycles. The number of ether oxygens (including phenoxy) is 3. The molecule has 3 aromatic rings. The number of hydrogen-bond acceptors (Lipinski definition) is 7. The molecule has 0 aliphatic rings. The fourth-order valence-corrected chi connectivity index (χ4v) is 3.96. The van der Waals surface area contributed by atoms with Gasteiger partial charge in [0, 0.05) is 11.4 Å². The van der Waals surface area contributed by atoms with Gasteiger partial charge in [-0.1, -0.05) is 31.5 Å². The second-order valence-corrected chi connectivity index (χ2v) is 9.28. The third-order valence-electron chi connectivity index (χ3n) is 5.12. The van der Waals surface area contributed by atoms with Crippen LogP contribution in [0.25, 0.3) is 0 Å². The van der Waals surface area contributed by atoms with Gasteiger partial charge in [0.25, 0.3) is 5.91 Å². The van der Waals surface area contributed by atoms with Crippen LogP contribution >= 0.6 is 22.6 Å². The van der Waals surface area contributed by atoms with Crippen LogP contribution in [-0.2, 0) is 14.4 Å². The van der Waals surface area contributed by atoms with E-state index in [1.165, 1.54) is 13.3 Å². The largest absolute Gasteiger partial charge is 0.494 e. The smallest absolute Gasteiger partial charge is 0.329 e. The number of unbranched alkanes of at least 4 members (excludes halogenated alkanes) is 1. The van der Waals surface area contributed by atoms with E-state index in [9.17, 15) is 14.4 Å². The summed E-state index contributed by atoms with van der Waals surface area (Å²) in [4.78, 5) is 36.6. The Morgan fingerprint density at radius 3 is 2.33 bits per heavy atom. The van der Waals surface area contributed by atoms with Crippen molar-refractivity contribution in [3.8, 4) is 17.2 Å². The first kappa shape index (κ1) is 29.4. The van der Waals surface area contributed by atoms with E-state index in [2.05, 4.69) is 28.1 Å². The molecular formula is C28H29IN4O6. The van der Waals surface area contributed by atoms with Crippen molar-refractivity contribution in [2.45, 2.75) is 19.8 Å². The van der Waals surface area contributed by atoms with Crippen LogP contribution in [0, 0.1) is 3.57 Å². The zero-order chi connectivity index (χ0) is 28.0. The summed E-state index contributed by atoms with van der Waals surface area (Å²) in [5, 5.41) is 9.11. The fraction of sp³-hybridized carbons (Fsp3) is 0.214. The zero-order valence-corrected chi connectivity index (χ0v) is 23.7. The molecular weight excluding hydrogens is 615 g/mol. The van der Waals surface area contributed by atoms with Gasteiger partial charge in [-0.3, -0.25) is 14.4 Å². The molecule has 0 fully saturated rings. The molecule has 3 rings (SSSR count). The molecule has 3 amide bonds. The van der Waals surface area contributed by atoms with E-state index >= 15 is 0 Å². The molecule has 3 N–H and O–H groups in total. The average Bonchev–Trinajstić information content (AvgIpc) is 2.93. The van der Waals surface area contributed by atoms with Crippen LogP contribution in [0.4, 0.5) is 11.4 Å². The van der Waals surface area contributed by atoms with Gasteiger partial charge < -0.3 is 24.8 Å². The van der Waals surface area contributed by atoms with Crippen LogP contribution < -0.4 is 30.3 Å². The topological polar surface area (TPSA) is 127 Å². The summed E-state index contributed by atoms with van der Waals surface area (Å²) in [5.41, 5.74) is 3.90. The van der Waals surface area contributed by atoms with Crippen molar-refractivity contribution >= 4 is 57.9 Å². The van der Waals surface area contributed by atoms with Crippen molar-refractivity contribution < 1.29 is 28.6 Å². The highest BCUT2D eigenvalue weighted by atomic mass is 127. The quantitative estimate of drug-likeness (QED) is 0.0871. The number of para-hydroxylation sites is 1. The molecule has 0 aromatic heterocycles. The molecule has 11 heteroatoms. The Morgan fingerprint density at radius 1 is 0.923 bits per heavy atom. The lowest BCUT2D eigenvalue weighted by Crippen LogP contribution is -2.32. The predicted octanol–water partition coefficient (Wildman–Crippen LogP) is 4.59. The van der Waals surface area contributed by atoms with Crippen LogP contribution in [0.5, 0.6) is 17.2 Å². The van der Waals surface area contributed by atoms with E-state index in [0.29, 0.717) is 44.4 Å². The second-order valence-electron chi connectivity index (χ2n) is 8.12. The van der Waals surface area contributed by atoms with Crippen LogP contribution in [0.3, 0.4) is 0 Å². The Morgan fingerprint density at radius 2 is 1.64 bits per heavy atom. The minimum Gasteiger partial charge on any atom is -0.494 e. The fourth-order valence-electron chi connectivity index (χ4n) is 3.18. The SMILES string of the molecule is CCCCOc1ccc(NC(=O)C(=O)N/N=C\c2cc(I)c(OCC(=O)Nc3ccccc3)c(OC)c2)cc1. The lowest BCUT2D eigenvalue weighted by molar-refractivity contribution is -0.136. The van der Waals surface area contributed by atoms with E-state index in [-0.39, 0.29) is 12.5 Å². The van der Waals surface area contributed by atoms with E-state index in [0.717, 1.165) is 12.8 Å². The molecule has 0 saturated carbocycles. The summed E-state index contributed by atoms with van der Waals surface area (Å²) in [6.45, 7) is 2.49. The molecule has 10 nitrogen and oxygen atoms in total. The summed E-state index contributed by atoms with van der Waals surface area (Å²) in [5.74, 6) is -0.655. The third kappa shape index (κ3) is 9.60. The molecule has 0 atom stereocenters. The summed E-state index contributed by atoms with van der Waals surface area (Å²) in [6, 6.07) is 19.2. The van der Waals surface area contributed by atoms with Crippen LogP contribution in [0.15, 0.2) is 71.8 Å². The average molecular weight is 644 g/mol. The minimum atomic E-state index is -0.930. The Labute approximate surface area is 240 Å². The second kappa shape index (κ2) is 15.3. The Balaban J connectivity index is 1.52. The van der Waals surface area contributed by atoms with Crippen molar-refractivity contribution in [3.63, 3.8) is 0 Å². The van der Waals surface area contributed by atoms with E-state index in [1.807, 2.05) is 40.8 Å². The number of amides is 3. The van der Waals surface area contributed by atoms with Gasteiger partial charge in [-0.05, 0) is 83.1 Å². The Bertz CT molecular complexity index is 1300. The van der Waals surface area contributed by atoms with Crippen molar-refractivity contribution in [2.24, 2.45) is 5.10 Å². The van der Waals surface area contributed by atoms with Gasteiger partial charge in [-0.15, -0.1) is 0 Å². The molecule has 0 heterocycles. The summed E-state index contributed by atoms with van der Waals surface area (Å²) < 4.78 is 17.3. The van der Waals surface area contributed by atoms with Crippen molar-refractivity contribution in [1.82, 2.24) is 5.43 Å². The van der Waals surface area contributed by atoms with Gasteiger partial charge in [-0.25, -0.2) is 5.43 Å². The maximum absolute atomic E-state index is 12.2. The van der Waals surface area contributed by atoms with Gasteiger partial charge in [0.2, 0.25) is 0 Å². The first-order valence-electron chi connectivity index (χ1n) is 12.1. The first-order valence-corrected chi connectivity index (χ1v) is 13.2. The van der Waals surface area contributed by atoms with Gasteiger partial charge in [0.15, 0.2) is 18.1 Å². The molecule has 0 radical (unpaired) electrons. The molecule has 0 bridgehead atoms. The predicted molar refractivity (Wildman–Crippen MR) is 157 cm³/mol. The number of hydrazone groups is 1. The number of methoxy groups -OCH3 is 1. The van der Waals surface area contributed by atoms with Crippen molar-refractivity contribution in [1.29, 1.82) is 0 Å². The monoisotopic (exact) mass is 644 g/mol. The molecule has 0 unspecified atom stereocenters. The number of hydrogen-bond donors (Lipinski definition) is 3. The van der Waals surface area contributed by atoms with Gasteiger partial charge in [0.1, 0.15) is 5.75 Å². The number of benzene rings is 3. The minimum absolute atomic E-state index is 0.214. The number of carbonyl (C=O) groups excluding carboxylic acids is 3. The summed E-state index contributed by atoms with van der Waals surface area (Å²) >= 11 is 2.05. The van der Waals surface area contributed by atoms with E-state index < -0.39 is 11.8 Å². The number of carbonyl (C=O) groups is 3. The number of nitrogens with zero attached hydrogens (tertiary/aromatic N) is 1. The van der Waals surface area contributed by atoms with Gasteiger partial charge in [-0.2, -0.15) is 5.10 Å². The highest BCUT2D eigenvalue weighted by Gasteiger charge is 2.15. The van der Waals surface area contributed by atoms with Gasteiger partial charge in [0.05, 0.1) is 23.5 Å². The van der Waals surface area contributed by atoms with Crippen LogP contribution in [0.2, 0.25) is 0 Å². The Kier molecular flexibility index (Phi) is 11.6. The number of anilines is 2. The number of halogens is 1. The zero-order valence-electron chi connectivity index (χ0n) is 21.5. The normalized spacial score (nSPS) is 10.5. The van der Waals surface area contributed by atoms with Crippen LogP contribution in [0.1, 0.15) is 25.3 Å². The first-order chi connectivity index (χ1) is 18.9. The molecule has 0 aliphatic heterocycles. The lowest BCUT2D eigenvalue weighted by Gasteiger charge is -2.13. The maximum atomic E-state index is 12.2. The lowest BCUT2D eigenvalue weighted by atomic mass is 10.2. The molecule has 3 aromatic carbocycles. The maximum Gasteiger partial charge on any atom is 0.329 e. The van der Waals surface area contributed by atoms with Crippen LogP contribution in [-0.4, -0.2) is 44.3 Å².